The monoisotopic (exact) mass is 185 g/mol. The van der Waals surface area contributed by atoms with Gasteiger partial charge in [-0.2, -0.15) is 0 Å². The zero-order valence-electron chi connectivity index (χ0n) is 6.80. The molecule has 0 radical (unpaired) electrons. The van der Waals surface area contributed by atoms with Crippen LogP contribution in [-0.4, -0.2) is 15.3 Å². The summed E-state index contributed by atoms with van der Waals surface area (Å²) in [6, 6.07) is 9.16. The van der Waals surface area contributed by atoms with Crippen molar-refractivity contribution in [1.82, 2.24) is 0 Å². The van der Waals surface area contributed by atoms with Crippen molar-refractivity contribution >= 4 is 17.0 Å². The highest BCUT2D eigenvalue weighted by molar-refractivity contribution is 7.80. The van der Waals surface area contributed by atoms with E-state index in [0.29, 0.717) is 6.54 Å². The Morgan fingerprint density at radius 1 is 1.42 bits per heavy atom. The summed E-state index contributed by atoms with van der Waals surface area (Å²) in [6.45, 7) is 2.36. The molecule has 1 aromatic carbocycles. The summed E-state index contributed by atoms with van der Waals surface area (Å²) >= 11 is -1.92. The molecule has 66 valence electrons. The molecule has 1 rings (SSSR count). The van der Waals surface area contributed by atoms with Gasteiger partial charge in [0.05, 0.1) is 5.69 Å². The Hall–Kier alpha value is -0.870. The Labute approximate surface area is 74.4 Å². The van der Waals surface area contributed by atoms with Gasteiger partial charge >= 0.3 is 0 Å². The van der Waals surface area contributed by atoms with Crippen LogP contribution in [0.5, 0.6) is 0 Å². The van der Waals surface area contributed by atoms with Crippen LogP contribution in [0.3, 0.4) is 0 Å². The first-order chi connectivity index (χ1) is 5.75. The van der Waals surface area contributed by atoms with Gasteiger partial charge in [0.15, 0.2) is 0 Å². The number of nitrogens with zero attached hydrogens (tertiary/aromatic N) is 1. The molecule has 1 aromatic rings. The molecule has 4 heteroatoms. The summed E-state index contributed by atoms with van der Waals surface area (Å²) < 4.78 is 21.0. The summed E-state index contributed by atoms with van der Waals surface area (Å²) in [7, 11) is 0. The van der Waals surface area contributed by atoms with Crippen molar-refractivity contribution in [2.24, 2.45) is 0 Å². The summed E-state index contributed by atoms with van der Waals surface area (Å²) in [5.74, 6) is 0. The van der Waals surface area contributed by atoms with Crippen molar-refractivity contribution in [2.75, 3.05) is 10.8 Å². The Kier molecular flexibility index (Phi) is 3.25. The number of rotatable bonds is 3. The normalized spacial score (nSPS) is 12.5. The van der Waals surface area contributed by atoms with Crippen molar-refractivity contribution in [3.05, 3.63) is 30.3 Å². The molecule has 1 atom stereocenters. The van der Waals surface area contributed by atoms with Crippen molar-refractivity contribution < 1.29 is 8.76 Å². The van der Waals surface area contributed by atoms with E-state index in [1.54, 1.807) is 12.1 Å². The molecule has 0 heterocycles. The molecule has 0 bridgehead atoms. The lowest BCUT2D eigenvalue weighted by atomic mass is 10.3. The van der Waals surface area contributed by atoms with Crippen LogP contribution in [0.25, 0.3) is 0 Å². The standard InChI is InChI=1S/C8H11NO2S/c1-2-9(12(10)11)8-6-4-3-5-7-8/h3-7H,2H2,1H3,(H,10,11). The Bertz CT molecular complexity index is 263. The third-order valence-electron chi connectivity index (χ3n) is 1.52. The largest absolute Gasteiger partial charge is 0.289 e. The van der Waals surface area contributed by atoms with Crippen LogP contribution < -0.4 is 4.31 Å². The molecular weight excluding hydrogens is 174 g/mol. The van der Waals surface area contributed by atoms with Crippen molar-refractivity contribution in [3.63, 3.8) is 0 Å². The van der Waals surface area contributed by atoms with Gasteiger partial charge in [-0.25, -0.2) is 4.21 Å². The Morgan fingerprint density at radius 2 is 2.00 bits per heavy atom. The summed E-state index contributed by atoms with van der Waals surface area (Å²) in [6.07, 6.45) is 0. The lowest BCUT2D eigenvalue weighted by Crippen LogP contribution is -2.24. The second-order valence-corrected chi connectivity index (χ2v) is 3.16. The zero-order chi connectivity index (χ0) is 8.97. The molecule has 0 fully saturated rings. The summed E-state index contributed by atoms with van der Waals surface area (Å²) in [5, 5.41) is 0. The number of anilines is 1. The van der Waals surface area contributed by atoms with Crippen LogP contribution >= 0.6 is 0 Å². The van der Waals surface area contributed by atoms with Crippen molar-refractivity contribution in [3.8, 4) is 0 Å². The van der Waals surface area contributed by atoms with E-state index in [-0.39, 0.29) is 0 Å². The molecule has 1 unspecified atom stereocenters. The van der Waals surface area contributed by atoms with Crippen LogP contribution in [-0.2, 0) is 11.3 Å². The van der Waals surface area contributed by atoms with Crippen molar-refractivity contribution in [2.45, 2.75) is 6.92 Å². The van der Waals surface area contributed by atoms with Gasteiger partial charge in [0.2, 0.25) is 0 Å². The van der Waals surface area contributed by atoms with Gasteiger partial charge in [-0.1, -0.05) is 18.2 Å². The smallest absolute Gasteiger partial charge is 0.261 e. The maximum Gasteiger partial charge on any atom is 0.261 e. The highest BCUT2D eigenvalue weighted by Crippen LogP contribution is 2.13. The van der Waals surface area contributed by atoms with Gasteiger partial charge in [-0.15, -0.1) is 0 Å². The molecule has 0 aliphatic carbocycles. The highest BCUT2D eigenvalue weighted by Gasteiger charge is 2.07. The fourth-order valence-corrected chi connectivity index (χ4v) is 1.50. The molecule has 0 aliphatic rings. The van der Waals surface area contributed by atoms with E-state index in [9.17, 15) is 4.21 Å². The first kappa shape index (κ1) is 9.22. The molecule has 0 amide bonds. The Morgan fingerprint density at radius 3 is 2.42 bits per heavy atom. The highest BCUT2D eigenvalue weighted by atomic mass is 32.2. The minimum Gasteiger partial charge on any atom is -0.289 e. The zero-order valence-corrected chi connectivity index (χ0v) is 7.62. The molecule has 12 heavy (non-hydrogen) atoms. The number of hydrogen-bond acceptors (Lipinski definition) is 1. The number of hydrogen-bond donors (Lipinski definition) is 1. The average molecular weight is 185 g/mol. The lowest BCUT2D eigenvalue weighted by Gasteiger charge is -2.16. The van der Waals surface area contributed by atoms with E-state index in [0.717, 1.165) is 5.69 Å². The number of benzene rings is 1. The topological polar surface area (TPSA) is 40.5 Å². The predicted molar refractivity (Wildman–Crippen MR) is 50.2 cm³/mol. The molecule has 3 nitrogen and oxygen atoms in total. The Balaban J connectivity index is 2.88. The summed E-state index contributed by atoms with van der Waals surface area (Å²) in [4.78, 5) is 0. The second kappa shape index (κ2) is 4.23. The minimum atomic E-state index is -1.92. The first-order valence-corrected chi connectivity index (χ1v) is 4.75. The van der Waals surface area contributed by atoms with Gasteiger partial charge < -0.3 is 0 Å². The fourth-order valence-electron chi connectivity index (χ4n) is 0.977. The summed E-state index contributed by atoms with van der Waals surface area (Å²) in [5.41, 5.74) is 0.765. The third kappa shape index (κ3) is 2.06. The van der Waals surface area contributed by atoms with Gasteiger partial charge in [0.25, 0.3) is 11.3 Å². The SMILES string of the molecule is CCN(c1ccccc1)S(=O)O. The van der Waals surface area contributed by atoms with Crippen molar-refractivity contribution in [1.29, 1.82) is 0 Å². The quantitative estimate of drug-likeness (QED) is 0.727. The maximum absolute atomic E-state index is 10.8. The molecule has 1 N–H and O–H groups in total. The van der Waals surface area contributed by atoms with E-state index in [1.807, 2.05) is 25.1 Å². The second-order valence-electron chi connectivity index (χ2n) is 2.26. The average Bonchev–Trinajstić information content (AvgIpc) is 2.07. The first-order valence-electron chi connectivity index (χ1n) is 3.69. The fraction of sp³-hybridized carbons (Fsp3) is 0.250. The molecule has 0 saturated carbocycles. The van der Waals surface area contributed by atoms with Gasteiger partial charge in [-0.3, -0.25) is 8.86 Å². The molecule has 0 saturated heterocycles. The van der Waals surface area contributed by atoms with Gasteiger partial charge in [-0.05, 0) is 19.1 Å². The molecule has 0 aliphatic heterocycles. The van der Waals surface area contributed by atoms with E-state index >= 15 is 0 Å². The van der Waals surface area contributed by atoms with Crippen LogP contribution in [0.1, 0.15) is 6.92 Å². The van der Waals surface area contributed by atoms with E-state index in [2.05, 4.69) is 0 Å². The predicted octanol–water partition coefficient (Wildman–Crippen LogP) is 1.65. The van der Waals surface area contributed by atoms with Crippen LogP contribution in [0.2, 0.25) is 0 Å². The lowest BCUT2D eigenvalue weighted by molar-refractivity contribution is 0.560. The van der Waals surface area contributed by atoms with E-state index < -0.39 is 11.3 Å². The van der Waals surface area contributed by atoms with E-state index in [4.69, 9.17) is 4.55 Å². The molecule has 0 spiro atoms. The number of para-hydroxylation sites is 1. The molecular formula is C8H11NO2S. The minimum absolute atomic E-state index is 0.521. The van der Waals surface area contributed by atoms with Crippen LogP contribution in [0.4, 0.5) is 5.69 Å². The maximum atomic E-state index is 10.8. The van der Waals surface area contributed by atoms with E-state index in [1.165, 1.54) is 4.31 Å². The van der Waals surface area contributed by atoms with Gasteiger partial charge in [0.1, 0.15) is 0 Å². The van der Waals surface area contributed by atoms with Crippen LogP contribution in [0.15, 0.2) is 30.3 Å². The van der Waals surface area contributed by atoms with Crippen LogP contribution in [0, 0.1) is 0 Å². The molecule has 0 aromatic heterocycles. The van der Waals surface area contributed by atoms with Gasteiger partial charge in [0, 0.05) is 6.54 Å². The third-order valence-corrected chi connectivity index (χ3v) is 2.37.